The van der Waals surface area contributed by atoms with Gasteiger partial charge in [-0.2, -0.15) is 0 Å². The number of methoxy groups -OCH3 is 1. The van der Waals surface area contributed by atoms with Crippen molar-refractivity contribution in [1.29, 1.82) is 0 Å². The Balaban J connectivity index is 2.24. The zero-order valence-corrected chi connectivity index (χ0v) is 12.3. The van der Waals surface area contributed by atoms with Crippen molar-refractivity contribution in [2.75, 3.05) is 12.4 Å². The molecule has 0 atom stereocenters. The van der Waals surface area contributed by atoms with Gasteiger partial charge in [-0.15, -0.1) is 11.3 Å². The van der Waals surface area contributed by atoms with Gasteiger partial charge < -0.3 is 10.1 Å². The molecule has 104 valence electrons. The minimum atomic E-state index is -0.497. The first kappa shape index (κ1) is 14.5. The molecule has 0 aliphatic carbocycles. The number of aryl methyl sites for hydroxylation is 1. The summed E-state index contributed by atoms with van der Waals surface area (Å²) in [6, 6.07) is 3.23. The van der Waals surface area contributed by atoms with Crippen molar-refractivity contribution in [3.63, 3.8) is 0 Å². The van der Waals surface area contributed by atoms with E-state index >= 15 is 0 Å². The smallest absolute Gasteiger partial charge is 0.350 e. The maximum absolute atomic E-state index is 12.1. The molecule has 0 aliphatic rings. The predicted octanol–water partition coefficient (Wildman–Crippen LogP) is 3.14. The number of hydrogen-bond acceptors (Lipinski definition) is 5. The molecule has 0 saturated carbocycles. The van der Waals surface area contributed by atoms with Crippen LogP contribution in [0.5, 0.6) is 0 Å². The fourth-order valence-corrected chi connectivity index (χ4v) is 2.60. The number of ether oxygens (including phenoxy) is 1. The highest BCUT2D eigenvalue weighted by molar-refractivity contribution is 7.12. The van der Waals surface area contributed by atoms with Crippen LogP contribution in [0.25, 0.3) is 0 Å². The van der Waals surface area contributed by atoms with E-state index in [2.05, 4.69) is 15.0 Å². The van der Waals surface area contributed by atoms with Gasteiger partial charge >= 0.3 is 5.97 Å². The van der Waals surface area contributed by atoms with Gasteiger partial charge in [0.25, 0.3) is 5.91 Å². The van der Waals surface area contributed by atoms with Crippen molar-refractivity contribution in [3.8, 4) is 0 Å². The van der Waals surface area contributed by atoms with E-state index in [0.717, 1.165) is 5.69 Å². The summed E-state index contributed by atoms with van der Waals surface area (Å²) in [5.41, 5.74) is 1.36. The van der Waals surface area contributed by atoms with Gasteiger partial charge in [-0.3, -0.25) is 9.78 Å². The van der Waals surface area contributed by atoms with Gasteiger partial charge in [0.15, 0.2) is 0 Å². The van der Waals surface area contributed by atoms with Gasteiger partial charge in [-0.1, -0.05) is 11.6 Å². The van der Waals surface area contributed by atoms with Gasteiger partial charge in [0.2, 0.25) is 0 Å². The summed E-state index contributed by atoms with van der Waals surface area (Å²) in [4.78, 5) is 28.0. The number of pyridine rings is 1. The fourth-order valence-electron chi connectivity index (χ4n) is 1.54. The first-order chi connectivity index (χ1) is 9.52. The number of carbonyl (C=O) groups excluding carboxylic acids is 2. The molecular formula is C13H11ClN2O3S. The lowest BCUT2D eigenvalue weighted by Gasteiger charge is -2.07. The molecule has 2 aromatic heterocycles. The fraction of sp³-hybridized carbons (Fsp3) is 0.154. The minimum Gasteiger partial charge on any atom is -0.465 e. The summed E-state index contributed by atoms with van der Waals surface area (Å²) in [6.07, 6.45) is 1.40. The van der Waals surface area contributed by atoms with Crippen molar-refractivity contribution in [2.24, 2.45) is 0 Å². The van der Waals surface area contributed by atoms with Crippen LogP contribution in [0.4, 0.5) is 5.69 Å². The van der Waals surface area contributed by atoms with E-state index in [-0.39, 0.29) is 5.56 Å². The Morgan fingerprint density at radius 1 is 1.45 bits per heavy atom. The van der Waals surface area contributed by atoms with E-state index in [0.29, 0.717) is 15.6 Å². The Labute approximate surface area is 124 Å². The molecule has 5 nitrogen and oxygen atoms in total. The van der Waals surface area contributed by atoms with Gasteiger partial charge in [-0.25, -0.2) is 4.79 Å². The molecular weight excluding hydrogens is 300 g/mol. The lowest BCUT2D eigenvalue weighted by Crippen LogP contribution is -2.14. The number of nitrogens with one attached hydrogen (secondary N) is 1. The van der Waals surface area contributed by atoms with Crippen molar-refractivity contribution < 1.29 is 14.3 Å². The Morgan fingerprint density at radius 2 is 2.20 bits per heavy atom. The van der Waals surface area contributed by atoms with Gasteiger partial charge in [0.05, 0.1) is 23.4 Å². The Morgan fingerprint density at radius 3 is 2.85 bits per heavy atom. The summed E-state index contributed by atoms with van der Waals surface area (Å²) in [5, 5.41) is 4.63. The monoisotopic (exact) mass is 310 g/mol. The van der Waals surface area contributed by atoms with E-state index in [1.807, 2.05) is 0 Å². The topological polar surface area (TPSA) is 68.3 Å². The van der Waals surface area contributed by atoms with Gasteiger partial charge in [0, 0.05) is 11.9 Å². The van der Waals surface area contributed by atoms with Crippen LogP contribution >= 0.6 is 22.9 Å². The van der Waals surface area contributed by atoms with Crippen LogP contribution in [0, 0.1) is 6.92 Å². The third kappa shape index (κ3) is 2.97. The highest BCUT2D eigenvalue weighted by Gasteiger charge is 2.18. The van der Waals surface area contributed by atoms with Crippen LogP contribution in [-0.2, 0) is 4.74 Å². The van der Waals surface area contributed by atoms with E-state index in [1.54, 1.807) is 24.4 Å². The predicted molar refractivity (Wildman–Crippen MR) is 77.6 cm³/mol. The second-order valence-electron chi connectivity index (χ2n) is 3.91. The number of amides is 1. The number of nitrogens with zero attached hydrogens (tertiary/aromatic N) is 1. The zero-order chi connectivity index (χ0) is 14.7. The standard InChI is InChI=1S/C13H11ClN2O3S/c1-7-5-9(14)8(6-15-7)12(17)16-10-3-4-20-11(10)13(18)19-2/h3-6H,1-2H3,(H,16,17). The number of anilines is 1. The molecule has 1 N–H and O–H groups in total. The molecule has 0 spiro atoms. The van der Waals surface area contributed by atoms with Crippen LogP contribution in [0.3, 0.4) is 0 Å². The van der Waals surface area contributed by atoms with E-state index < -0.39 is 11.9 Å². The summed E-state index contributed by atoms with van der Waals surface area (Å²) < 4.78 is 4.64. The largest absolute Gasteiger partial charge is 0.465 e. The summed E-state index contributed by atoms with van der Waals surface area (Å²) >= 11 is 7.19. The van der Waals surface area contributed by atoms with Crippen molar-refractivity contribution in [2.45, 2.75) is 6.92 Å². The number of aromatic nitrogens is 1. The first-order valence-corrected chi connectivity index (χ1v) is 6.88. The normalized spacial score (nSPS) is 10.2. The summed E-state index contributed by atoms with van der Waals surface area (Å²) in [6.45, 7) is 1.78. The maximum atomic E-state index is 12.1. The Bertz CT molecular complexity index is 669. The number of carbonyl (C=O) groups is 2. The van der Waals surface area contributed by atoms with Crippen molar-refractivity contribution in [1.82, 2.24) is 4.98 Å². The molecule has 20 heavy (non-hydrogen) atoms. The molecule has 0 unspecified atom stereocenters. The van der Waals surface area contributed by atoms with E-state index in [9.17, 15) is 9.59 Å². The van der Waals surface area contributed by atoms with Crippen LogP contribution in [0.1, 0.15) is 25.7 Å². The third-order valence-electron chi connectivity index (χ3n) is 2.52. The number of thiophene rings is 1. The average molecular weight is 311 g/mol. The van der Waals surface area contributed by atoms with Crippen LogP contribution < -0.4 is 5.32 Å². The number of hydrogen-bond donors (Lipinski definition) is 1. The maximum Gasteiger partial charge on any atom is 0.350 e. The molecule has 0 fully saturated rings. The zero-order valence-electron chi connectivity index (χ0n) is 10.8. The van der Waals surface area contributed by atoms with Gasteiger partial charge in [-0.05, 0) is 24.4 Å². The second kappa shape index (κ2) is 6.02. The van der Waals surface area contributed by atoms with Crippen LogP contribution in [0.15, 0.2) is 23.7 Å². The molecule has 2 heterocycles. The molecule has 0 saturated heterocycles. The SMILES string of the molecule is COC(=O)c1sccc1NC(=O)c1cnc(C)cc1Cl. The van der Waals surface area contributed by atoms with Crippen LogP contribution in [-0.4, -0.2) is 24.0 Å². The molecule has 0 radical (unpaired) electrons. The highest BCUT2D eigenvalue weighted by Crippen LogP contribution is 2.25. The Hall–Kier alpha value is -1.92. The van der Waals surface area contributed by atoms with Crippen LogP contribution in [0.2, 0.25) is 5.02 Å². The van der Waals surface area contributed by atoms with E-state index in [1.165, 1.54) is 24.6 Å². The quantitative estimate of drug-likeness (QED) is 0.884. The minimum absolute atomic E-state index is 0.249. The molecule has 0 bridgehead atoms. The average Bonchev–Trinajstić information content (AvgIpc) is 2.85. The molecule has 2 rings (SSSR count). The molecule has 0 aromatic carbocycles. The summed E-state index contributed by atoms with van der Waals surface area (Å²) in [5.74, 6) is -0.922. The summed E-state index contributed by atoms with van der Waals surface area (Å²) in [7, 11) is 1.29. The van der Waals surface area contributed by atoms with Crippen molar-refractivity contribution >= 4 is 40.5 Å². The number of rotatable bonds is 3. The van der Waals surface area contributed by atoms with E-state index in [4.69, 9.17) is 11.6 Å². The first-order valence-electron chi connectivity index (χ1n) is 5.62. The molecule has 2 aromatic rings. The second-order valence-corrected chi connectivity index (χ2v) is 5.24. The Kier molecular flexibility index (Phi) is 4.36. The lowest BCUT2D eigenvalue weighted by molar-refractivity contribution is 0.0607. The highest BCUT2D eigenvalue weighted by atomic mass is 35.5. The number of halogens is 1. The molecule has 1 amide bonds. The van der Waals surface area contributed by atoms with Gasteiger partial charge in [0.1, 0.15) is 4.88 Å². The van der Waals surface area contributed by atoms with Crippen molar-refractivity contribution in [3.05, 3.63) is 44.9 Å². The number of esters is 1. The lowest BCUT2D eigenvalue weighted by atomic mass is 10.2. The third-order valence-corrected chi connectivity index (χ3v) is 3.73. The molecule has 7 heteroatoms. The molecule has 0 aliphatic heterocycles.